The molecule has 0 amide bonds. The van der Waals surface area contributed by atoms with Crippen molar-refractivity contribution in [2.24, 2.45) is 7.05 Å². The Balaban J connectivity index is 1.64. The molecule has 5 nitrogen and oxygen atoms in total. The van der Waals surface area contributed by atoms with Gasteiger partial charge in [-0.1, -0.05) is 11.6 Å². The zero-order chi connectivity index (χ0) is 19.6. The monoisotopic (exact) mass is 384 g/mol. The molecule has 0 unspecified atom stereocenters. The zero-order valence-corrected chi connectivity index (χ0v) is 16.5. The third-order valence-corrected chi connectivity index (χ3v) is 4.77. The molecule has 0 N–H and O–H groups in total. The summed E-state index contributed by atoms with van der Waals surface area (Å²) in [6, 6.07) is 9.13. The van der Waals surface area contributed by atoms with E-state index in [0.29, 0.717) is 28.7 Å². The second-order valence-electron chi connectivity index (χ2n) is 6.37. The van der Waals surface area contributed by atoms with Gasteiger partial charge in [0.1, 0.15) is 23.9 Å². The number of allylic oxidation sites excluding steroid dienone is 1. The Labute approximate surface area is 163 Å². The lowest BCUT2D eigenvalue weighted by atomic mass is 10.1. The van der Waals surface area contributed by atoms with Gasteiger partial charge >= 0.3 is 0 Å². The van der Waals surface area contributed by atoms with Crippen LogP contribution in [0.5, 0.6) is 5.75 Å². The lowest BCUT2D eigenvalue weighted by Crippen LogP contribution is -1.99. The smallest absolute Gasteiger partial charge is 0.189 e. The van der Waals surface area contributed by atoms with E-state index < -0.39 is 0 Å². The SMILES string of the molecule is Cc1cc(OCc2ccc(/C=C/C(=O)c3c(C)nn(C)c3C)o2)ccc1Cl. The number of aryl methyl sites for hydroxylation is 3. The number of hydrogen-bond donors (Lipinski definition) is 0. The van der Waals surface area contributed by atoms with Crippen molar-refractivity contribution in [3.8, 4) is 5.75 Å². The summed E-state index contributed by atoms with van der Waals surface area (Å²) in [7, 11) is 1.82. The topological polar surface area (TPSA) is 57.3 Å². The van der Waals surface area contributed by atoms with Gasteiger partial charge in [0.2, 0.25) is 0 Å². The van der Waals surface area contributed by atoms with E-state index in [0.717, 1.165) is 22.7 Å². The number of furan rings is 1. The van der Waals surface area contributed by atoms with E-state index in [4.69, 9.17) is 20.8 Å². The first-order chi connectivity index (χ1) is 12.8. The fourth-order valence-electron chi connectivity index (χ4n) is 2.79. The highest BCUT2D eigenvalue weighted by atomic mass is 35.5. The normalized spacial score (nSPS) is 11.3. The van der Waals surface area contributed by atoms with Gasteiger partial charge in [-0.2, -0.15) is 5.10 Å². The molecular formula is C21H21ClN2O3. The average Bonchev–Trinajstić information content (AvgIpc) is 3.18. The number of carbonyl (C=O) groups excluding carboxylic acids is 1. The molecule has 6 heteroatoms. The van der Waals surface area contributed by atoms with Crippen LogP contribution in [0.15, 0.2) is 40.8 Å². The number of hydrogen-bond acceptors (Lipinski definition) is 4. The molecule has 27 heavy (non-hydrogen) atoms. The molecule has 0 saturated heterocycles. The molecule has 0 aliphatic rings. The Morgan fingerprint density at radius 3 is 2.70 bits per heavy atom. The highest BCUT2D eigenvalue weighted by molar-refractivity contribution is 6.31. The van der Waals surface area contributed by atoms with Crippen molar-refractivity contribution in [3.63, 3.8) is 0 Å². The Morgan fingerprint density at radius 2 is 2.04 bits per heavy atom. The number of ketones is 1. The number of aromatic nitrogens is 2. The van der Waals surface area contributed by atoms with Gasteiger partial charge in [-0.05, 0) is 68.8 Å². The van der Waals surface area contributed by atoms with E-state index in [2.05, 4.69) is 5.10 Å². The molecule has 0 spiro atoms. The molecule has 2 aromatic heterocycles. The summed E-state index contributed by atoms with van der Waals surface area (Å²) in [5.41, 5.74) is 3.14. The van der Waals surface area contributed by atoms with Crippen LogP contribution in [0.2, 0.25) is 5.02 Å². The Morgan fingerprint density at radius 1 is 1.26 bits per heavy atom. The second-order valence-corrected chi connectivity index (χ2v) is 6.78. The Hall–Kier alpha value is -2.79. The first-order valence-corrected chi connectivity index (χ1v) is 8.93. The van der Waals surface area contributed by atoms with Crippen molar-refractivity contribution >= 4 is 23.5 Å². The van der Waals surface area contributed by atoms with E-state index in [-0.39, 0.29) is 5.78 Å². The van der Waals surface area contributed by atoms with E-state index in [1.54, 1.807) is 22.9 Å². The highest BCUT2D eigenvalue weighted by Crippen LogP contribution is 2.22. The molecule has 0 aliphatic carbocycles. The minimum Gasteiger partial charge on any atom is -0.486 e. The summed E-state index contributed by atoms with van der Waals surface area (Å²) in [6.45, 7) is 5.92. The van der Waals surface area contributed by atoms with Gasteiger partial charge in [0.15, 0.2) is 5.78 Å². The maximum atomic E-state index is 12.4. The molecule has 0 aliphatic heterocycles. The molecule has 0 radical (unpaired) electrons. The molecule has 0 fully saturated rings. The van der Waals surface area contributed by atoms with Gasteiger partial charge < -0.3 is 9.15 Å². The van der Waals surface area contributed by atoms with E-state index in [1.807, 2.05) is 46.0 Å². The third kappa shape index (κ3) is 4.31. The number of carbonyl (C=O) groups is 1. The summed E-state index contributed by atoms with van der Waals surface area (Å²) in [4.78, 5) is 12.4. The largest absolute Gasteiger partial charge is 0.486 e. The van der Waals surface area contributed by atoms with Crippen LogP contribution in [0, 0.1) is 20.8 Å². The van der Waals surface area contributed by atoms with Gasteiger partial charge in [0.05, 0.1) is 11.3 Å². The van der Waals surface area contributed by atoms with Crippen molar-refractivity contribution in [3.05, 3.63) is 75.5 Å². The van der Waals surface area contributed by atoms with Gasteiger partial charge in [-0.3, -0.25) is 9.48 Å². The molecule has 0 bridgehead atoms. The first kappa shape index (κ1) is 19.0. The van der Waals surface area contributed by atoms with Crippen LogP contribution in [-0.2, 0) is 13.7 Å². The molecule has 1 aromatic carbocycles. The molecule has 140 valence electrons. The van der Waals surface area contributed by atoms with Gasteiger partial charge in [-0.15, -0.1) is 0 Å². The number of halogens is 1. The number of nitrogens with zero attached hydrogens (tertiary/aromatic N) is 2. The van der Waals surface area contributed by atoms with Crippen LogP contribution in [0.25, 0.3) is 6.08 Å². The van der Waals surface area contributed by atoms with Gasteiger partial charge in [0.25, 0.3) is 0 Å². The van der Waals surface area contributed by atoms with Gasteiger partial charge in [-0.25, -0.2) is 0 Å². The maximum Gasteiger partial charge on any atom is 0.189 e. The van der Waals surface area contributed by atoms with Crippen LogP contribution >= 0.6 is 11.6 Å². The molecule has 3 rings (SSSR count). The summed E-state index contributed by atoms with van der Waals surface area (Å²) in [6.07, 6.45) is 3.16. The molecule has 0 atom stereocenters. The van der Waals surface area contributed by atoms with Crippen LogP contribution in [0.1, 0.15) is 38.8 Å². The maximum absolute atomic E-state index is 12.4. The van der Waals surface area contributed by atoms with E-state index in [1.165, 1.54) is 6.08 Å². The molecule has 0 saturated carbocycles. The van der Waals surface area contributed by atoms with Crippen molar-refractivity contribution in [2.75, 3.05) is 0 Å². The Kier molecular flexibility index (Phi) is 5.51. The van der Waals surface area contributed by atoms with Crippen molar-refractivity contribution < 1.29 is 13.9 Å². The van der Waals surface area contributed by atoms with E-state index in [9.17, 15) is 4.79 Å². The minimum absolute atomic E-state index is 0.0936. The minimum atomic E-state index is -0.0936. The fourth-order valence-corrected chi connectivity index (χ4v) is 2.91. The summed E-state index contributed by atoms with van der Waals surface area (Å²) in [5, 5.41) is 4.97. The average molecular weight is 385 g/mol. The number of ether oxygens (including phenoxy) is 1. The standard InChI is InChI=1S/C21H21ClN2O3/c1-13-11-17(7-9-19(13)22)26-12-18-6-5-16(27-18)8-10-20(25)21-14(2)23-24(4)15(21)3/h5-11H,12H2,1-4H3/b10-8+. The van der Waals surface area contributed by atoms with E-state index >= 15 is 0 Å². The third-order valence-electron chi connectivity index (χ3n) is 4.35. The van der Waals surface area contributed by atoms with Crippen LogP contribution in [0.3, 0.4) is 0 Å². The van der Waals surface area contributed by atoms with Crippen LogP contribution in [-0.4, -0.2) is 15.6 Å². The lowest BCUT2D eigenvalue weighted by molar-refractivity contribution is 0.104. The fraction of sp³-hybridized carbons (Fsp3) is 0.238. The summed E-state index contributed by atoms with van der Waals surface area (Å²) in [5.74, 6) is 1.89. The number of benzene rings is 1. The molecule has 2 heterocycles. The van der Waals surface area contributed by atoms with Crippen molar-refractivity contribution in [1.29, 1.82) is 0 Å². The van der Waals surface area contributed by atoms with Crippen molar-refractivity contribution in [1.82, 2.24) is 9.78 Å². The molecular weight excluding hydrogens is 364 g/mol. The van der Waals surface area contributed by atoms with Gasteiger partial charge in [0, 0.05) is 17.8 Å². The van der Waals surface area contributed by atoms with Crippen LogP contribution < -0.4 is 4.74 Å². The zero-order valence-electron chi connectivity index (χ0n) is 15.7. The van der Waals surface area contributed by atoms with Crippen LogP contribution in [0.4, 0.5) is 0 Å². The first-order valence-electron chi connectivity index (χ1n) is 8.55. The lowest BCUT2D eigenvalue weighted by Gasteiger charge is -2.05. The summed E-state index contributed by atoms with van der Waals surface area (Å²) < 4.78 is 13.1. The predicted molar refractivity (Wildman–Crippen MR) is 105 cm³/mol. The van der Waals surface area contributed by atoms with Crippen molar-refractivity contribution in [2.45, 2.75) is 27.4 Å². The summed E-state index contributed by atoms with van der Waals surface area (Å²) >= 11 is 6.01. The Bertz CT molecular complexity index is 1010. The molecule has 3 aromatic rings. The predicted octanol–water partition coefficient (Wildman–Crippen LogP) is 5.07. The number of rotatable bonds is 6. The quantitative estimate of drug-likeness (QED) is 0.440. The highest BCUT2D eigenvalue weighted by Gasteiger charge is 2.15. The second kappa shape index (κ2) is 7.84.